The lowest BCUT2D eigenvalue weighted by Gasteiger charge is -2.63. The number of ether oxygens (including phenoxy) is 1. The molecule has 0 unspecified atom stereocenters. The second-order valence-electron chi connectivity index (χ2n) is 10.9. The van der Waals surface area contributed by atoms with E-state index in [-0.39, 0.29) is 11.5 Å². The summed E-state index contributed by atoms with van der Waals surface area (Å²) in [6, 6.07) is 2.77. The number of amides is 1. The summed E-state index contributed by atoms with van der Waals surface area (Å²) in [6.45, 7) is 7.44. The van der Waals surface area contributed by atoms with Gasteiger partial charge in [-0.3, -0.25) is 4.79 Å². The summed E-state index contributed by atoms with van der Waals surface area (Å²) in [5, 5.41) is 0. The first kappa shape index (κ1) is 19.3. The number of hydrogen-bond donors (Lipinski definition) is 0. The summed E-state index contributed by atoms with van der Waals surface area (Å²) in [4.78, 5) is 23.1. The Morgan fingerprint density at radius 1 is 1.14 bits per heavy atom. The van der Waals surface area contributed by atoms with Crippen molar-refractivity contribution in [1.82, 2.24) is 14.9 Å². The maximum atomic E-state index is 12.4. The van der Waals surface area contributed by atoms with Gasteiger partial charge in [0.25, 0.3) is 0 Å². The molecule has 4 fully saturated rings. The number of fused-ring (bicyclic) bond motifs is 5. The first-order valence-electron chi connectivity index (χ1n) is 11.5. The molecule has 5 nitrogen and oxygen atoms in total. The van der Waals surface area contributed by atoms with E-state index in [1.54, 1.807) is 12.4 Å². The molecule has 5 rings (SSSR count). The third-order valence-corrected chi connectivity index (χ3v) is 9.47. The summed E-state index contributed by atoms with van der Waals surface area (Å²) in [5.41, 5.74) is 0.622. The number of hydrogen-bond acceptors (Lipinski definition) is 4. The van der Waals surface area contributed by atoms with Crippen LogP contribution in [0.1, 0.15) is 65.7 Å². The summed E-state index contributed by atoms with van der Waals surface area (Å²) in [5.74, 6) is 3.16. The fraction of sp³-hybridized carbons (Fsp3) is 0.792. The highest BCUT2D eigenvalue weighted by molar-refractivity contribution is 5.77. The van der Waals surface area contributed by atoms with E-state index in [9.17, 15) is 4.79 Å². The molecular formula is C24H35N3O2. The molecule has 2 heterocycles. The Balaban J connectivity index is 1.41. The van der Waals surface area contributed by atoms with Crippen LogP contribution in [0, 0.1) is 34.5 Å². The minimum absolute atomic E-state index is 0.222. The zero-order chi connectivity index (χ0) is 20.4. The van der Waals surface area contributed by atoms with Gasteiger partial charge in [0.05, 0.1) is 0 Å². The Kier molecular flexibility index (Phi) is 4.45. The average molecular weight is 398 g/mol. The van der Waals surface area contributed by atoms with Crippen molar-refractivity contribution < 1.29 is 9.53 Å². The van der Waals surface area contributed by atoms with Crippen LogP contribution in [0.4, 0.5) is 0 Å². The lowest BCUT2D eigenvalue weighted by molar-refractivity contribution is -0.164. The van der Waals surface area contributed by atoms with Crippen LogP contribution in [0.15, 0.2) is 18.5 Å². The van der Waals surface area contributed by atoms with Crippen molar-refractivity contribution in [2.24, 2.45) is 34.5 Å². The van der Waals surface area contributed by atoms with Crippen LogP contribution in [0.3, 0.4) is 0 Å². The van der Waals surface area contributed by atoms with E-state index in [1.165, 1.54) is 12.8 Å². The van der Waals surface area contributed by atoms with Gasteiger partial charge in [0.1, 0.15) is 6.10 Å². The van der Waals surface area contributed by atoms with E-state index >= 15 is 0 Å². The highest BCUT2D eigenvalue weighted by atomic mass is 16.5. The molecule has 0 radical (unpaired) electrons. The van der Waals surface area contributed by atoms with E-state index in [2.05, 4.69) is 35.6 Å². The second-order valence-corrected chi connectivity index (χ2v) is 10.9. The van der Waals surface area contributed by atoms with Crippen molar-refractivity contribution in [3.8, 4) is 6.01 Å². The zero-order valence-corrected chi connectivity index (χ0v) is 18.3. The number of carbonyl (C=O) groups excluding carboxylic acids is 1. The average Bonchev–Trinajstić information content (AvgIpc) is 3.03. The van der Waals surface area contributed by atoms with Crippen molar-refractivity contribution in [1.29, 1.82) is 0 Å². The van der Waals surface area contributed by atoms with Gasteiger partial charge in [-0.1, -0.05) is 20.8 Å². The lowest BCUT2D eigenvalue weighted by Crippen LogP contribution is -2.62. The summed E-state index contributed by atoms with van der Waals surface area (Å²) < 4.78 is 6.24. The largest absolute Gasteiger partial charge is 0.460 e. The zero-order valence-electron chi connectivity index (χ0n) is 18.3. The van der Waals surface area contributed by atoms with Crippen LogP contribution >= 0.6 is 0 Å². The summed E-state index contributed by atoms with van der Waals surface area (Å²) in [7, 11) is 2.05. The standard InChI is InChI=1S/C24H35N3O2/c1-15-12-19-24(3,9-7-20(28)27(19)4)17-6-8-23(2)14-16(13-18(23)21(15)17)29-22-25-10-5-11-26-22/h5,10-11,15-19,21H,6-9,12-14H2,1-4H3/t15-,16-,17-,18-,19+,21+,23+,24+/m0/s1. The van der Waals surface area contributed by atoms with E-state index < -0.39 is 0 Å². The first-order valence-corrected chi connectivity index (χ1v) is 11.5. The van der Waals surface area contributed by atoms with Gasteiger partial charge in [0, 0.05) is 31.9 Å². The molecule has 3 saturated carbocycles. The van der Waals surface area contributed by atoms with Gasteiger partial charge >= 0.3 is 6.01 Å². The van der Waals surface area contributed by atoms with Crippen molar-refractivity contribution in [3.63, 3.8) is 0 Å². The number of rotatable bonds is 2. The smallest absolute Gasteiger partial charge is 0.316 e. The van der Waals surface area contributed by atoms with Gasteiger partial charge in [-0.2, -0.15) is 0 Å². The van der Waals surface area contributed by atoms with E-state index in [4.69, 9.17) is 4.74 Å². The number of nitrogens with zero attached hydrogens (tertiary/aromatic N) is 3. The van der Waals surface area contributed by atoms with Crippen molar-refractivity contribution in [3.05, 3.63) is 18.5 Å². The maximum Gasteiger partial charge on any atom is 0.316 e. The molecule has 0 aromatic carbocycles. The molecule has 0 N–H and O–H groups in total. The summed E-state index contributed by atoms with van der Waals surface area (Å²) in [6.07, 6.45) is 11.5. The van der Waals surface area contributed by atoms with Crippen molar-refractivity contribution in [2.75, 3.05) is 7.05 Å². The SMILES string of the molecule is C[C@H]1C[C@H]2N(C)C(=O)CC[C@]2(C)[C@H]2CC[C@]3(C)C[C@@H](Oc4ncccn4)C[C@H]3[C@H]12. The third-order valence-electron chi connectivity index (χ3n) is 9.47. The number of aromatic nitrogens is 2. The van der Waals surface area contributed by atoms with Crippen LogP contribution in [0.2, 0.25) is 0 Å². The number of likely N-dealkylation sites (tertiary alicyclic amines) is 1. The van der Waals surface area contributed by atoms with Crippen LogP contribution in [0.25, 0.3) is 0 Å². The van der Waals surface area contributed by atoms with Gasteiger partial charge in [-0.25, -0.2) is 9.97 Å². The monoisotopic (exact) mass is 397 g/mol. The van der Waals surface area contributed by atoms with Crippen LogP contribution in [-0.2, 0) is 4.79 Å². The first-order chi connectivity index (χ1) is 13.8. The molecule has 1 aliphatic heterocycles. The minimum Gasteiger partial charge on any atom is -0.460 e. The van der Waals surface area contributed by atoms with Crippen molar-refractivity contribution >= 4 is 5.91 Å². The third kappa shape index (κ3) is 2.90. The van der Waals surface area contributed by atoms with Gasteiger partial charge in [0.2, 0.25) is 5.91 Å². The minimum atomic E-state index is 0.222. The molecule has 0 bridgehead atoms. The highest BCUT2D eigenvalue weighted by Gasteiger charge is 2.62. The Morgan fingerprint density at radius 2 is 1.90 bits per heavy atom. The molecule has 1 aromatic heterocycles. The fourth-order valence-electron chi connectivity index (χ4n) is 8.04. The highest BCUT2D eigenvalue weighted by Crippen LogP contribution is 2.66. The molecule has 1 amide bonds. The molecule has 4 aliphatic rings. The van der Waals surface area contributed by atoms with E-state index in [0.717, 1.165) is 43.9 Å². The number of carbonyl (C=O) groups is 1. The quantitative estimate of drug-likeness (QED) is 0.745. The molecule has 5 heteroatoms. The molecular weight excluding hydrogens is 362 g/mol. The summed E-state index contributed by atoms with van der Waals surface area (Å²) >= 11 is 0. The predicted octanol–water partition coefficient (Wildman–Crippen LogP) is 4.33. The Hall–Kier alpha value is -1.65. The van der Waals surface area contributed by atoms with E-state index in [0.29, 0.717) is 35.2 Å². The number of piperidine rings is 1. The normalized spacial score (nSPS) is 46.6. The van der Waals surface area contributed by atoms with Gasteiger partial charge in [-0.05, 0) is 79.1 Å². The van der Waals surface area contributed by atoms with E-state index in [1.807, 2.05) is 13.1 Å². The Bertz CT molecular complexity index is 786. The topological polar surface area (TPSA) is 55.3 Å². The van der Waals surface area contributed by atoms with Gasteiger partial charge < -0.3 is 9.64 Å². The molecule has 29 heavy (non-hydrogen) atoms. The maximum absolute atomic E-state index is 12.4. The molecule has 1 saturated heterocycles. The lowest BCUT2D eigenvalue weighted by atomic mass is 9.45. The second kappa shape index (κ2) is 6.68. The van der Waals surface area contributed by atoms with Gasteiger partial charge in [0.15, 0.2) is 0 Å². The van der Waals surface area contributed by atoms with Crippen LogP contribution in [-0.4, -0.2) is 40.0 Å². The van der Waals surface area contributed by atoms with Crippen molar-refractivity contribution in [2.45, 2.75) is 77.9 Å². The predicted molar refractivity (Wildman–Crippen MR) is 111 cm³/mol. The molecule has 0 spiro atoms. The van der Waals surface area contributed by atoms with Crippen LogP contribution in [0.5, 0.6) is 6.01 Å². The fourth-order valence-corrected chi connectivity index (χ4v) is 8.04. The van der Waals surface area contributed by atoms with Gasteiger partial charge in [-0.15, -0.1) is 0 Å². The molecule has 1 aromatic rings. The Morgan fingerprint density at radius 3 is 2.66 bits per heavy atom. The Labute approximate surface area is 174 Å². The molecule has 8 atom stereocenters. The molecule has 158 valence electrons. The van der Waals surface area contributed by atoms with Crippen LogP contribution < -0.4 is 4.74 Å². The molecule has 3 aliphatic carbocycles.